The van der Waals surface area contributed by atoms with E-state index >= 15 is 0 Å². The van der Waals surface area contributed by atoms with Crippen LogP contribution in [0.1, 0.15) is 80.5 Å². The molecular weight excluding hydrogens is 324 g/mol. The van der Waals surface area contributed by atoms with Crippen molar-refractivity contribution in [3.63, 3.8) is 0 Å². The van der Waals surface area contributed by atoms with Gasteiger partial charge in [-0.3, -0.25) is 9.48 Å². The number of fused-ring (bicyclic) bond motifs is 1. The lowest BCUT2D eigenvalue weighted by Gasteiger charge is -2.29. The van der Waals surface area contributed by atoms with E-state index < -0.39 is 0 Å². The number of hydrogen-bond donors (Lipinski definition) is 1. The van der Waals surface area contributed by atoms with Crippen LogP contribution in [0.2, 0.25) is 0 Å². The lowest BCUT2D eigenvalue weighted by molar-refractivity contribution is 0.0819. The van der Waals surface area contributed by atoms with Crippen LogP contribution in [0.25, 0.3) is 0 Å². The molecule has 0 spiro atoms. The van der Waals surface area contributed by atoms with E-state index in [0.29, 0.717) is 23.7 Å². The Labute approximate surface area is 158 Å². The van der Waals surface area contributed by atoms with Gasteiger partial charge in [0.05, 0.1) is 0 Å². The molecule has 2 aliphatic rings. The maximum atomic E-state index is 12.7. The molecule has 0 bridgehead atoms. The number of carbonyl (C=O) groups is 1. The second-order valence-corrected chi connectivity index (χ2v) is 8.84. The minimum absolute atomic E-state index is 0.0406. The molecule has 0 radical (unpaired) electrons. The van der Waals surface area contributed by atoms with Gasteiger partial charge < -0.3 is 10.2 Å². The highest BCUT2D eigenvalue weighted by molar-refractivity contribution is 5.93. The Morgan fingerprint density at radius 1 is 1.15 bits per heavy atom. The van der Waals surface area contributed by atoms with Gasteiger partial charge in [-0.25, -0.2) is 0 Å². The summed E-state index contributed by atoms with van der Waals surface area (Å²) in [6.07, 6.45) is 11.2. The Hall–Kier alpha value is -1.36. The number of carbonyl (C=O) groups excluding carboxylic acids is 1. The molecule has 1 aromatic heterocycles. The fraction of sp³-hybridized carbons (Fsp3) is 0.810. The van der Waals surface area contributed by atoms with E-state index in [-0.39, 0.29) is 5.91 Å². The van der Waals surface area contributed by atoms with E-state index in [2.05, 4.69) is 23.8 Å². The van der Waals surface area contributed by atoms with Gasteiger partial charge in [-0.1, -0.05) is 39.5 Å². The van der Waals surface area contributed by atoms with E-state index in [1.807, 2.05) is 14.1 Å². The highest BCUT2D eigenvalue weighted by Crippen LogP contribution is 2.28. The first-order valence-electron chi connectivity index (χ1n) is 10.5. The Bertz CT molecular complexity index is 612. The first kappa shape index (κ1) is 19.4. The van der Waals surface area contributed by atoms with Crippen molar-refractivity contribution in [1.29, 1.82) is 0 Å². The molecule has 5 nitrogen and oxygen atoms in total. The summed E-state index contributed by atoms with van der Waals surface area (Å²) in [6.45, 7) is 5.31. The molecule has 0 saturated heterocycles. The van der Waals surface area contributed by atoms with E-state index in [9.17, 15) is 4.79 Å². The molecule has 1 N–H and O–H groups in total. The van der Waals surface area contributed by atoms with Crippen molar-refractivity contribution in [3.8, 4) is 0 Å². The number of nitrogens with zero attached hydrogens (tertiary/aromatic N) is 3. The second-order valence-electron chi connectivity index (χ2n) is 8.84. The minimum Gasteiger partial charge on any atom is -0.343 e. The van der Waals surface area contributed by atoms with Crippen LogP contribution in [0.15, 0.2) is 0 Å². The molecule has 5 heteroatoms. The van der Waals surface area contributed by atoms with Crippen LogP contribution in [0.3, 0.4) is 0 Å². The van der Waals surface area contributed by atoms with Crippen molar-refractivity contribution in [2.45, 2.75) is 90.3 Å². The summed E-state index contributed by atoms with van der Waals surface area (Å²) in [5, 5.41) is 8.67. The quantitative estimate of drug-likeness (QED) is 0.819. The maximum Gasteiger partial charge on any atom is 0.274 e. The van der Waals surface area contributed by atoms with Crippen molar-refractivity contribution >= 4 is 5.91 Å². The van der Waals surface area contributed by atoms with E-state index in [0.717, 1.165) is 25.8 Å². The Balaban J connectivity index is 1.78. The molecule has 1 saturated carbocycles. The van der Waals surface area contributed by atoms with Crippen molar-refractivity contribution in [2.75, 3.05) is 14.1 Å². The zero-order valence-corrected chi connectivity index (χ0v) is 17.1. The average molecular weight is 361 g/mol. The predicted octanol–water partition coefficient (Wildman–Crippen LogP) is 3.41. The molecule has 146 valence electrons. The molecule has 1 amide bonds. The average Bonchev–Trinajstić information content (AvgIpc) is 2.76. The van der Waals surface area contributed by atoms with E-state index in [1.54, 1.807) is 4.90 Å². The molecule has 26 heavy (non-hydrogen) atoms. The first-order chi connectivity index (χ1) is 12.5. The highest BCUT2D eigenvalue weighted by atomic mass is 16.2. The van der Waals surface area contributed by atoms with Crippen LogP contribution in [-0.2, 0) is 19.4 Å². The SMILES string of the molecule is CC(C)Cn1nc(C(=O)N(C)C)c2c1CCC(NC1CCCCCC1)C2. The number of rotatable bonds is 5. The van der Waals surface area contributed by atoms with Crippen LogP contribution < -0.4 is 5.32 Å². The summed E-state index contributed by atoms with van der Waals surface area (Å²) < 4.78 is 2.11. The van der Waals surface area contributed by atoms with Crippen molar-refractivity contribution < 1.29 is 4.79 Å². The van der Waals surface area contributed by atoms with Gasteiger partial charge in [-0.15, -0.1) is 0 Å². The van der Waals surface area contributed by atoms with Crippen LogP contribution in [0, 0.1) is 5.92 Å². The standard InChI is InChI=1S/C21H36N4O/c1-15(2)14-25-19-12-11-17(22-16-9-7-5-6-8-10-16)13-18(19)20(23-25)21(26)24(3)4/h15-17,22H,5-14H2,1-4H3. The highest BCUT2D eigenvalue weighted by Gasteiger charge is 2.30. The van der Waals surface area contributed by atoms with Gasteiger partial charge >= 0.3 is 0 Å². The van der Waals surface area contributed by atoms with Gasteiger partial charge in [0.1, 0.15) is 0 Å². The van der Waals surface area contributed by atoms with Crippen LogP contribution >= 0.6 is 0 Å². The molecule has 0 aliphatic heterocycles. The second kappa shape index (κ2) is 8.55. The zero-order valence-electron chi connectivity index (χ0n) is 17.1. The summed E-state index contributed by atoms with van der Waals surface area (Å²) in [5.41, 5.74) is 3.17. The van der Waals surface area contributed by atoms with Crippen LogP contribution in [0.5, 0.6) is 0 Å². The summed E-state index contributed by atoms with van der Waals surface area (Å²) in [5.74, 6) is 0.571. The molecular formula is C21H36N4O. The van der Waals surface area contributed by atoms with Crippen molar-refractivity contribution in [2.24, 2.45) is 5.92 Å². The van der Waals surface area contributed by atoms with E-state index in [4.69, 9.17) is 5.10 Å². The third-order valence-electron chi connectivity index (χ3n) is 5.82. The Morgan fingerprint density at radius 3 is 2.46 bits per heavy atom. The van der Waals surface area contributed by atoms with Crippen LogP contribution in [0.4, 0.5) is 0 Å². The van der Waals surface area contributed by atoms with E-state index in [1.165, 1.54) is 49.8 Å². The maximum absolute atomic E-state index is 12.7. The number of nitrogens with one attached hydrogen (secondary N) is 1. The van der Waals surface area contributed by atoms with Gasteiger partial charge in [-0.2, -0.15) is 5.10 Å². The first-order valence-corrected chi connectivity index (χ1v) is 10.5. The predicted molar refractivity (Wildman–Crippen MR) is 106 cm³/mol. The summed E-state index contributed by atoms with van der Waals surface area (Å²) in [7, 11) is 3.64. The number of aromatic nitrogens is 2. The third-order valence-corrected chi connectivity index (χ3v) is 5.82. The summed E-state index contributed by atoms with van der Waals surface area (Å²) >= 11 is 0. The normalized spacial score (nSPS) is 21.5. The molecule has 0 aromatic carbocycles. The fourth-order valence-corrected chi connectivity index (χ4v) is 4.49. The Morgan fingerprint density at radius 2 is 1.85 bits per heavy atom. The van der Waals surface area contributed by atoms with Gasteiger partial charge in [-0.05, 0) is 38.0 Å². The molecule has 1 atom stereocenters. The monoisotopic (exact) mass is 360 g/mol. The molecule has 1 fully saturated rings. The van der Waals surface area contributed by atoms with Crippen molar-refractivity contribution in [3.05, 3.63) is 17.0 Å². The largest absolute Gasteiger partial charge is 0.343 e. The minimum atomic E-state index is 0.0406. The smallest absolute Gasteiger partial charge is 0.274 e. The van der Waals surface area contributed by atoms with Gasteiger partial charge in [0.15, 0.2) is 5.69 Å². The Kier molecular flexibility index (Phi) is 6.38. The zero-order chi connectivity index (χ0) is 18.7. The molecule has 1 heterocycles. The topological polar surface area (TPSA) is 50.2 Å². The lowest BCUT2D eigenvalue weighted by Crippen LogP contribution is -2.42. The van der Waals surface area contributed by atoms with Gasteiger partial charge in [0, 0.05) is 44.0 Å². The van der Waals surface area contributed by atoms with Gasteiger partial charge in [0.2, 0.25) is 0 Å². The molecule has 1 unspecified atom stereocenters. The van der Waals surface area contributed by atoms with Crippen LogP contribution in [-0.4, -0.2) is 46.8 Å². The van der Waals surface area contributed by atoms with Gasteiger partial charge in [0.25, 0.3) is 5.91 Å². The summed E-state index contributed by atoms with van der Waals surface area (Å²) in [6, 6.07) is 1.14. The molecule has 1 aromatic rings. The molecule has 3 rings (SSSR count). The lowest BCUT2D eigenvalue weighted by atomic mass is 9.90. The number of amides is 1. The number of hydrogen-bond acceptors (Lipinski definition) is 3. The summed E-state index contributed by atoms with van der Waals surface area (Å²) in [4.78, 5) is 14.3. The fourth-order valence-electron chi connectivity index (χ4n) is 4.49. The third kappa shape index (κ3) is 4.48. The molecule has 2 aliphatic carbocycles. The van der Waals surface area contributed by atoms with Crippen molar-refractivity contribution in [1.82, 2.24) is 20.0 Å².